The van der Waals surface area contributed by atoms with Crippen LogP contribution in [0, 0.1) is 0 Å². The molecule has 1 aromatic rings. The highest BCUT2D eigenvalue weighted by molar-refractivity contribution is 9.10. The van der Waals surface area contributed by atoms with E-state index in [2.05, 4.69) is 31.2 Å². The number of hydrogen-bond donors (Lipinski definition) is 1. The Kier molecular flexibility index (Phi) is 4.31. The number of carbonyl (C=O) groups excluding carboxylic acids is 1. The highest BCUT2D eigenvalue weighted by Crippen LogP contribution is 2.06. The second-order valence-corrected chi connectivity index (χ2v) is 3.30. The van der Waals surface area contributed by atoms with Gasteiger partial charge in [-0.05, 0) is 22.9 Å². The Hall–Kier alpha value is -1.17. The molecule has 0 saturated heterocycles. The summed E-state index contributed by atoms with van der Waals surface area (Å²) in [6.45, 7) is 2.21. The molecule has 0 unspecified atom stereocenters. The van der Waals surface area contributed by atoms with Gasteiger partial charge in [0.2, 0.25) is 5.95 Å². The van der Waals surface area contributed by atoms with E-state index >= 15 is 0 Å². The minimum absolute atomic E-state index is 0.0788. The Morgan fingerprint density at radius 3 is 2.79 bits per heavy atom. The minimum Gasteiger partial charge on any atom is -0.465 e. The number of anilines is 1. The molecule has 1 heterocycles. The fraction of sp³-hybridized carbons (Fsp3) is 0.375. The fourth-order valence-corrected chi connectivity index (χ4v) is 0.972. The van der Waals surface area contributed by atoms with Crippen molar-refractivity contribution in [2.75, 3.05) is 18.5 Å². The molecule has 6 heteroatoms. The first-order chi connectivity index (χ1) is 6.72. The number of carbonyl (C=O) groups is 1. The van der Waals surface area contributed by atoms with Crippen molar-refractivity contribution >= 4 is 27.8 Å². The largest absolute Gasteiger partial charge is 0.465 e. The molecule has 76 valence electrons. The van der Waals surface area contributed by atoms with Crippen LogP contribution in [0.1, 0.15) is 6.92 Å². The Morgan fingerprint density at radius 2 is 2.21 bits per heavy atom. The van der Waals surface area contributed by atoms with Crippen LogP contribution in [0.5, 0.6) is 0 Å². The van der Waals surface area contributed by atoms with Gasteiger partial charge in [-0.25, -0.2) is 9.97 Å². The number of halogens is 1. The molecule has 0 fully saturated rings. The highest BCUT2D eigenvalue weighted by Gasteiger charge is 2.01. The number of esters is 1. The van der Waals surface area contributed by atoms with Crippen LogP contribution >= 0.6 is 15.9 Å². The fourth-order valence-electron chi connectivity index (χ4n) is 0.767. The molecule has 5 nitrogen and oxygen atoms in total. The van der Waals surface area contributed by atoms with E-state index in [0.717, 1.165) is 4.47 Å². The molecule has 0 aromatic carbocycles. The van der Waals surface area contributed by atoms with Crippen LogP contribution in [0.25, 0.3) is 0 Å². The van der Waals surface area contributed by atoms with Crippen LogP contribution in [0.3, 0.4) is 0 Å². The lowest BCUT2D eigenvalue weighted by atomic mass is 10.6. The Labute approximate surface area is 90.0 Å². The summed E-state index contributed by atoms with van der Waals surface area (Å²) < 4.78 is 5.51. The molecule has 0 amide bonds. The van der Waals surface area contributed by atoms with E-state index in [1.807, 2.05) is 0 Å². The van der Waals surface area contributed by atoms with E-state index in [9.17, 15) is 4.79 Å². The van der Waals surface area contributed by atoms with Gasteiger partial charge in [0.1, 0.15) is 6.54 Å². The van der Waals surface area contributed by atoms with E-state index in [0.29, 0.717) is 12.6 Å². The van der Waals surface area contributed by atoms with Crippen molar-refractivity contribution in [2.24, 2.45) is 0 Å². The van der Waals surface area contributed by atoms with Crippen LogP contribution in [0.2, 0.25) is 0 Å². The molecule has 0 aliphatic heterocycles. The maximum absolute atomic E-state index is 10.9. The molecule has 14 heavy (non-hydrogen) atoms. The van der Waals surface area contributed by atoms with E-state index in [4.69, 9.17) is 4.74 Å². The van der Waals surface area contributed by atoms with Crippen LogP contribution in [0.15, 0.2) is 16.9 Å². The molecule has 0 aliphatic carbocycles. The summed E-state index contributed by atoms with van der Waals surface area (Å²) in [6.07, 6.45) is 3.20. The van der Waals surface area contributed by atoms with Gasteiger partial charge in [-0.3, -0.25) is 4.79 Å². The molecule has 0 aliphatic rings. The standard InChI is InChI=1S/C8H10BrN3O2/c1-2-14-7(13)5-12-8-10-3-6(9)4-11-8/h3-4H,2,5H2,1H3,(H,10,11,12). The maximum Gasteiger partial charge on any atom is 0.325 e. The van der Waals surface area contributed by atoms with Crippen molar-refractivity contribution in [2.45, 2.75) is 6.92 Å². The highest BCUT2D eigenvalue weighted by atomic mass is 79.9. The third-order valence-corrected chi connectivity index (χ3v) is 1.73. The van der Waals surface area contributed by atoms with Gasteiger partial charge in [-0.2, -0.15) is 0 Å². The van der Waals surface area contributed by atoms with Gasteiger partial charge in [-0.15, -0.1) is 0 Å². The smallest absolute Gasteiger partial charge is 0.325 e. The first-order valence-corrected chi connectivity index (χ1v) is 4.88. The van der Waals surface area contributed by atoms with Crippen molar-refractivity contribution in [1.29, 1.82) is 0 Å². The van der Waals surface area contributed by atoms with Gasteiger partial charge in [0.05, 0.1) is 11.1 Å². The number of aromatic nitrogens is 2. The molecule has 0 bridgehead atoms. The number of nitrogens with one attached hydrogen (secondary N) is 1. The zero-order chi connectivity index (χ0) is 10.4. The summed E-state index contributed by atoms with van der Waals surface area (Å²) in [5.74, 6) is 0.0836. The molecule has 0 saturated carbocycles. The maximum atomic E-state index is 10.9. The van der Waals surface area contributed by atoms with Gasteiger partial charge in [-0.1, -0.05) is 0 Å². The minimum atomic E-state index is -0.320. The molecule has 1 aromatic heterocycles. The van der Waals surface area contributed by atoms with Crippen LogP contribution in [-0.4, -0.2) is 29.1 Å². The summed E-state index contributed by atoms with van der Waals surface area (Å²) in [5.41, 5.74) is 0. The van der Waals surface area contributed by atoms with Crippen molar-refractivity contribution in [1.82, 2.24) is 9.97 Å². The van der Waals surface area contributed by atoms with Gasteiger partial charge in [0.25, 0.3) is 0 Å². The van der Waals surface area contributed by atoms with E-state index in [1.165, 1.54) is 0 Å². The average Bonchev–Trinajstić information content (AvgIpc) is 2.17. The molecular formula is C8H10BrN3O2. The third-order valence-electron chi connectivity index (χ3n) is 1.32. The summed E-state index contributed by atoms with van der Waals surface area (Å²) in [6, 6.07) is 0. The van der Waals surface area contributed by atoms with Gasteiger partial charge >= 0.3 is 5.97 Å². The monoisotopic (exact) mass is 259 g/mol. The molecule has 1 N–H and O–H groups in total. The van der Waals surface area contributed by atoms with Crippen molar-refractivity contribution in [3.05, 3.63) is 16.9 Å². The van der Waals surface area contributed by atoms with E-state index in [-0.39, 0.29) is 12.5 Å². The summed E-state index contributed by atoms with van der Waals surface area (Å²) in [5, 5.41) is 2.74. The summed E-state index contributed by atoms with van der Waals surface area (Å²) >= 11 is 3.21. The molecular weight excluding hydrogens is 250 g/mol. The molecule has 0 atom stereocenters. The number of rotatable bonds is 4. The Bertz CT molecular complexity index is 302. The third kappa shape index (κ3) is 3.69. The topological polar surface area (TPSA) is 64.1 Å². The zero-order valence-electron chi connectivity index (χ0n) is 7.66. The Morgan fingerprint density at radius 1 is 1.57 bits per heavy atom. The van der Waals surface area contributed by atoms with Crippen molar-refractivity contribution in [3.8, 4) is 0 Å². The van der Waals surface area contributed by atoms with Gasteiger partial charge < -0.3 is 10.1 Å². The quantitative estimate of drug-likeness (QED) is 0.824. The van der Waals surface area contributed by atoms with Gasteiger partial charge in [0.15, 0.2) is 0 Å². The normalized spacial score (nSPS) is 9.57. The first-order valence-electron chi connectivity index (χ1n) is 4.09. The molecule has 0 spiro atoms. The summed E-state index contributed by atoms with van der Waals surface area (Å²) in [4.78, 5) is 18.8. The lowest BCUT2D eigenvalue weighted by Gasteiger charge is -2.03. The molecule has 0 radical (unpaired) electrons. The lowest BCUT2D eigenvalue weighted by molar-refractivity contribution is -0.140. The van der Waals surface area contributed by atoms with Crippen LogP contribution in [0.4, 0.5) is 5.95 Å². The van der Waals surface area contributed by atoms with Gasteiger partial charge in [0, 0.05) is 12.4 Å². The number of nitrogens with zero attached hydrogens (tertiary/aromatic N) is 2. The van der Waals surface area contributed by atoms with Crippen LogP contribution < -0.4 is 5.32 Å². The van der Waals surface area contributed by atoms with Crippen molar-refractivity contribution < 1.29 is 9.53 Å². The predicted molar refractivity (Wildman–Crippen MR) is 54.9 cm³/mol. The second-order valence-electron chi connectivity index (χ2n) is 2.38. The average molecular weight is 260 g/mol. The molecule has 1 rings (SSSR count). The number of ether oxygens (including phenoxy) is 1. The Balaban J connectivity index is 2.38. The first kappa shape index (κ1) is 10.9. The van der Waals surface area contributed by atoms with E-state index in [1.54, 1.807) is 19.3 Å². The van der Waals surface area contributed by atoms with Crippen LogP contribution in [-0.2, 0) is 9.53 Å². The summed E-state index contributed by atoms with van der Waals surface area (Å²) in [7, 11) is 0. The zero-order valence-corrected chi connectivity index (χ0v) is 9.24. The predicted octanol–water partition coefficient (Wildman–Crippen LogP) is 1.21. The second kappa shape index (κ2) is 5.54. The van der Waals surface area contributed by atoms with Crippen molar-refractivity contribution in [3.63, 3.8) is 0 Å². The number of hydrogen-bond acceptors (Lipinski definition) is 5. The SMILES string of the molecule is CCOC(=O)CNc1ncc(Br)cn1. The lowest BCUT2D eigenvalue weighted by Crippen LogP contribution is -2.17. The van der Waals surface area contributed by atoms with E-state index < -0.39 is 0 Å².